The summed E-state index contributed by atoms with van der Waals surface area (Å²) < 4.78 is 0. The number of unbranched alkanes of at least 4 members (excludes halogenated alkanes) is 1. The summed E-state index contributed by atoms with van der Waals surface area (Å²) in [6.45, 7) is 10.0. The minimum Gasteiger partial charge on any atom is -0.478 e. The maximum absolute atomic E-state index is 9.25. The van der Waals surface area contributed by atoms with Crippen molar-refractivity contribution in [2.75, 3.05) is 0 Å². The lowest BCUT2D eigenvalue weighted by Gasteiger charge is -1.67. The van der Waals surface area contributed by atoms with Gasteiger partial charge in [0.2, 0.25) is 0 Å². The summed E-state index contributed by atoms with van der Waals surface area (Å²) in [5, 5.41) is 7.60. The molecule has 0 saturated carbocycles. The fourth-order valence-electron chi connectivity index (χ4n) is 0. The standard InChI is InChI=1S/C4H8.C3H4O2/c1-3-4-2;1-2-3(4)5/h1-4H2;2H,1H2,(H,4,5). The van der Waals surface area contributed by atoms with Crippen molar-refractivity contribution in [2.24, 2.45) is 0 Å². The van der Waals surface area contributed by atoms with Crippen molar-refractivity contribution in [3.63, 3.8) is 0 Å². The van der Waals surface area contributed by atoms with Crippen molar-refractivity contribution >= 4 is 5.97 Å². The molecule has 0 saturated heterocycles. The Morgan fingerprint density at radius 3 is 1.67 bits per heavy atom. The van der Waals surface area contributed by atoms with Crippen LogP contribution < -0.4 is 0 Å². The van der Waals surface area contributed by atoms with E-state index in [1.165, 1.54) is 0 Å². The van der Waals surface area contributed by atoms with Crippen LogP contribution in [0.5, 0.6) is 0 Å². The monoisotopic (exact) mass is 128 g/mol. The molecule has 0 unspecified atom stereocenters. The summed E-state index contributed by atoms with van der Waals surface area (Å²) >= 11 is 0. The molecule has 9 heavy (non-hydrogen) atoms. The largest absolute Gasteiger partial charge is 0.478 e. The van der Waals surface area contributed by atoms with E-state index in [0.29, 0.717) is 0 Å². The fourth-order valence-corrected chi connectivity index (χ4v) is 0. The summed E-state index contributed by atoms with van der Waals surface area (Å²) in [4.78, 5) is 9.25. The minimum absolute atomic E-state index is 0.833. The molecule has 1 N–H and O–H groups in total. The first kappa shape index (κ1) is 11.1. The van der Waals surface area contributed by atoms with Crippen LogP contribution in [0.4, 0.5) is 0 Å². The molecule has 0 spiro atoms. The van der Waals surface area contributed by atoms with Crippen LogP contribution in [0, 0.1) is 13.8 Å². The van der Waals surface area contributed by atoms with E-state index in [1.807, 2.05) is 0 Å². The van der Waals surface area contributed by atoms with Gasteiger partial charge in [-0.2, -0.15) is 0 Å². The van der Waals surface area contributed by atoms with Gasteiger partial charge in [0.15, 0.2) is 0 Å². The van der Waals surface area contributed by atoms with Crippen LogP contribution in [0.25, 0.3) is 0 Å². The normalized spacial score (nSPS) is 6.89. The Morgan fingerprint density at radius 1 is 1.44 bits per heavy atom. The molecule has 0 amide bonds. The molecule has 0 rings (SSSR count). The van der Waals surface area contributed by atoms with E-state index in [9.17, 15) is 4.79 Å². The minimum atomic E-state index is -0.981. The summed E-state index contributed by atoms with van der Waals surface area (Å²) in [5.74, 6) is -0.981. The summed E-state index contributed by atoms with van der Waals surface area (Å²) in [6.07, 6.45) is 2.75. The second kappa shape index (κ2) is 10.2. The zero-order valence-corrected chi connectivity index (χ0v) is 5.47. The molecule has 0 heterocycles. The Hall–Kier alpha value is -0.790. The third-order valence-corrected chi connectivity index (χ3v) is 0.425. The van der Waals surface area contributed by atoms with E-state index in [4.69, 9.17) is 5.11 Å². The first-order chi connectivity index (χ1) is 4.18. The molecule has 0 aromatic heterocycles. The Kier molecular flexibility index (Phi) is 12.6. The van der Waals surface area contributed by atoms with Crippen LogP contribution >= 0.6 is 0 Å². The van der Waals surface area contributed by atoms with Crippen molar-refractivity contribution in [1.82, 2.24) is 0 Å². The lowest BCUT2D eigenvalue weighted by atomic mass is 10.4. The van der Waals surface area contributed by atoms with Crippen molar-refractivity contribution < 1.29 is 9.90 Å². The molecule has 2 nitrogen and oxygen atoms in total. The van der Waals surface area contributed by atoms with Crippen LogP contribution in [-0.4, -0.2) is 11.1 Å². The van der Waals surface area contributed by atoms with Crippen LogP contribution in [0.3, 0.4) is 0 Å². The van der Waals surface area contributed by atoms with Crippen molar-refractivity contribution in [2.45, 2.75) is 12.8 Å². The first-order valence-corrected chi connectivity index (χ1v) is 2.62. The third kappa shape index (κ3) is 40.1. The summed E-state index contributed by atoms with van der Waals surface area (Å²) in [6, 6.07) is 0. The average molecular weight is 128 g/mol. The predicted molar refractivity (Wildman–Crippen MR) is 37.8 cm³/mol. The van der Waals surface area contributed by atoms with Crippen LogP contribution in [0.2, 0.25) is 0 Å². The van der Waals surface area contributed by atoms with Gasteiger partial charge in [-0.05, 0) is 0 Å². The molecule has 0 aliphatic rings. The third-order valence-electron chi connectivity index (χ3n) is 0.425. The van der Waals surface area contributed by atoms with Gasteiger partial charge in [0.1, 0.15) is 0 Å². The van der Waals surface area contributed by atoms with Crippen LogP contribution in [0.15, 0.2) is 12.7 Å². The lowest BCUT2D eigenvalue weighted by molar-refractivity contribution is -0.131. The summed E-state index contributed by atoms with van der Waals surface area (Å²) in [7, 11) is 0. The second-order valence-corrected chi connectivity index (χ2v) is 1.25. The zero-order chi connectivity index (χ0) is 7.70. The molecule has 0 fully saturated rings. The Labute approximate surface area is 56.2 Å². The highest BCUT2D eigenvalue weighted by molar-refractivity contribution is 5.78. The van der Waals surface area contributed by atoms with E-state index in [-0.39, 0.29) is 0 Å². The van der Waals surface area contributed by atoms with E-state index < -0.39 is 5.97 Å². The highest BCUT2D eigenvalue weighted by Crippen LogP contribution is 1.75. The van der Waals surface area contributed by atoms with Gasteiger partial charge in [0.05, 0.1) is 0 Å². The maximum Gasteiger partial charge on any atom is 0.327 e. The Morgan fingerprint density at radius 2 is 1.67 bits per heavy atom. The molecular weight excluding hydrogens is 116 g/mol. The van der Waals surface area contributed by atoms with Crippen molar-refractivity contribution in [3.05, 3.63) is 26.5 Å². The van der Waals surface area contributed by atoms with E-state index in [0.717, 1.165) is 18.9 Å². The summed E-state index contributed by atoms with van der Waals surface area (Å²) in [5.41, 5.74) is 0. The number of carboxylic acid groups (broad SMARTS) is 1. The smallest absolute Gasteiger partial charge is 0.327 e. The SMILES string of the molecule is C=CC(=O)O.[CH2]CC[CH2]. The fraction of sp³-hybridized carbons (Fsp3) is 0.286. The Bertz CT molecular complexity index is 75.0. The molecule has 0 aliphatic carbocycles. The van der Waals surface area contributed by atoms with E-state index >= 15 is 0 Å². The number of carbonyl (C=O) groups is 1. The van der Waals surface area contributed by atoms with Gasteiger partial charge >= 0.3 is 5.97 Å². The second-order valence-electron chi connectivity index (χ2n) is 1.25. The van der Waals surface area contributed by atoms with Gasteiger partial charge in [-0.1, -0.05) is 33.3 Å². The molecule has 0 bridgehead atoms. The van der Waals surface area contributed by atoms with Crippen molar-refractivity contribution in [3.8, 4) is 0 Å². The number of rotatable bonds is 2. The van der Waals surface area contributed by atoms with E-state index in [2.05, 4.69) is 20.4 Å². The van der Waals surface area contributed by atoms with E-state index in [1.54, 1.807) is 0 Å². The van der Waals surface area contributed by atoms with Gasteiger partial charge in [0, 0.05) is 6.08 Å². The first-order valence-electron chi connectivity index (χ1n) is 2.62. The number of hydrogen-bond donors (Lipinski definition) is 1. The number of aliphatic carboxylic acids is 1. The molecule has 52 valence electrons. The molecule has 2 radical (unpaired) electrons. The highest BCUT2D eigenvalue weighted by Gasteiger charge is 1.73. The van der Waals surface area contributed by atoms with Crippen LogP contribution in [-0.2, 0) is 4.79 Å². The molecular formula is C7H12O2. The molecule has 0 atom stereocenters. The van der Waals surface area contributed by atoms with Gasteiger partial charge in [-0.15, -0.1) is 0 Å². The predicted octanol–water partition coefficient (Wildman–Crippen LogP) is 1.69. The van der Waals surface area contributed by atoms with Gasteiger partial charge in [-0.3, -0.25) is 0 Å². The van der Waals surface area contributed by atoms with Gasteiger partial charge in [0.25, 0.3) is 0 Å². The lowest BCUT2D eigenvalue weighted by Crippen LogP contribution is -1.82. The van der Waals surface area contributed by atoms with Gasteiger partial charge in [-0.25, -0.2) is 4.79 Å². The highest BCUT2D eigenvalue weighted by atomic mass is 16.4. The van der Waals surface area contributed by atoms with Gasteiger partial charge < -0.3 is 5.11 Å². The Balaban J connectivity index is 0. The average Bonchev–Trinajstić information content (AvgIpc) is 1.89. The van der Waals surface area contributed by atoms with Crippen LogP contribution in [0.1, 0.15) is 12.8 Å². The number of hydrogen-bond acceptors (Lipinski definition) is 1. The molecule has 0 aromatic rings. The number of carboxylic acids is 1. The topological polar surface area (TPSA) is 37.3 Å². The molecule has 2 heteroatoms. The maximum atomic E-state index is 9.25. The zero-order valence-electron chi connectivity index (χ0n) is 5.47. The molecule has 0 aromatic carbocycles. The molecule has 0 aliphatic heterocycles. The van der Waals surface area contributed by atoms with Crippen molar-refractivity contribution in [1.29, 1.82) is 0 Å². The quantitative estimate of drug-likeness (QED) is 0.574.